The number of phenols is 1. The lowest BCUT2D eigenvalue weighted by molar-refractivity contribution is 0.0991. The van der Waals surface area contributed by atoms with E-state index in [0.29, 0.717) is 28.3 Å². The summed E-state index contributed by atoms with van der Waals surface area (Å²) in [6.07, 6.45) is 1.56. The number of para-hydroxylation sites is 1. The van der Waals surface area contributed by atoms with Gasteiger partial charge < -0.3 is 20.2 Å². The molecule has 0 saturated heterocycles. The van der Waals surface area contributed by atoms with Gasteiger partial charge in [-0.15, -0.1) is 0 Å². The Hall–Kier alpha value is -3.94. The van der Waals surface area contributed by atoms with Gasteiger partial charge in [-0.3, -0.25) is 9.59 Å². The second-order valence-electron chi connectivity index (χ2n) is 6.76. The van der Waals surface area contributed by atoms with E-state index >= 15 is 0 Å². The first-order chi connectivity index (χ1) is 14.9. The average molecular weight is 419 g/mol. The Kier molecular flexibility index (Phi) is 6.20. The molecule has 2 N–H and O–H groups in total. The summed E-state index contributed by atoms with van der Waals surface area (Å²) < 4.78 is 0. The molecule has 8 nitrogen and oxygen atoms in total. The van der Waals surface area contributed by atoms with Gasteiger partial charge in [-0.2, -0.15) is 4.98 Å². The second kappa shape index (κ2) is 8.83. The van der Waals surface area contributed by atoms with Crippen LogP contribution in [0.15, 0.2) is 48.7 Å². The summed E-state index contributed by atoms with van der Waals surface area (Å²) >= 11 is 0. The number of carbonyl (C=O) groups excluding carboxylic acids is 2. The molecule has 1 aliphatic rings. The first kappa shape index (κ1) is 21.8. The van der Waals surface area contributed by atoms with Crippen LogP contribution < -0.4 is 15.1 Å². The van der Waals surface area contributed by atoms with Crippen LogP contribution >= 0.6 is 0 Å². The Bertz CT molecular complexity index is 1150. The van der Waals surface area contributed by atoms with Gasteiger partial charge in [0.15, 0.2) is 11.6 Å². The van der Waals surface area contributed by atoms with Crippen LogP contribution in [0, 0.1) is 0 Å². The molecular weight excluding hydrogens is 394 g/mol. The van der Waals surface area contributed by atoms with Crippen molar-refractivity contribution in [1.29, 1.82) is 0 Å². The minimum Gasteiger partial charge on any atom is -0.506 e. The number of hydrogen-bond acceptors (Lipinski definition) is 7. The number of ketones is 1. The number of aromatic hydroxyl groups is 1. The van der Waals surface area contributed by atoms with Gasteiger partial charge in [0.05, 0.1) is 23.1 Å². The highest BCUT2D eigenvalue weighted by molar-refractivity contribution is 6.13. The van der Waals surface area contributed by atoms with Crippen molar-refractivity contribution in [1.82, 2.24) is 9.97 Å². The van der Waals surface area contributed by atoms with Crippen molar-refractivity contribution in [3.8, 4) is 5.75 Å². The predicted molar refractivity (Wildman–Crippen MR) is 122 cm³/mol. The zero-order valence-corrected chi connectivity index (χ0v) is 18.2. The van der Waals surface area contributed by atoms with Crippen molar-refractivity contribution < 1.29 is 14.7 Å². The number of carbonyl (C=O) groups is 2. The molecule has 0 aliphatic carbocycles. The number of nitrogens with zero attached hydrogens (tertiary/aromatic N) is 4. The van der Waals surface area contributed by atoms with Gasteiger partial charge in [0, 0.05) is 19.7 Å². The maximum atomic E-state index is 12.8. The lowest BCUT2D eigenvalue weighted by atomic mass is 10.1. The van der Waals surface area contributed by atoms with E-state index in [0.717, 1.165) is 5.69 Å². The second-order valence-corrected chi connectivity index (χ2v) is 6.76. The molecule has 31 heavy (non-hydrogen) atoms. The fourth-order valence-electron chi connectivity index (χ4n) is 3.24. The number of Topliss-reactive ketones (excluding diaryl/α,β-unsaturated/α-hetero) is 1. The SMILES string of the molecule is CC.CC(=O)c1ccc(Nc2ncc3c(n2)N(C)c2ccccc2C(=O)N3C)c(O)c1. The Balaban J connectivity index is 0.00000132. The predicted octanol–water partition coefficient (Wildman–Crippen LogP) is 4.51. The van der Waals surface area contributed by atoms with Crippen molar-refractivity contribution in [2.45, 2.75) is 20.8 Å². The zero-order valence-electron chi connectivity index (χ0n) is 18.2. The third kappa shape index (κ3) is 4.05. The van der Waals surface area contributed by atoms with Gasteiger partial charge in [0.1, 0.15) is 11.4 Å². The highest BCUT2D eigenvalue weighted by atomic mass is 16.3. The van der Waals surface area contributed by atoms with Gasteiger partial charge in [-0.25, -0.2) is 4.98 Å². The number of aromatic nitrogens is 2. The van der Waals surface area contributed by atoms with Gasteiger partial charge in [-0.05, 0) is 37.3 Å². The summed E-state index contributed by atoms with van der Waals surface area (Å²) in [5, 5.41) is 13.2. The molecule has 1 aromatic heterocycles. The molecule has 0 bridgehead atoms. The Morgan fingerprint density at radius 2 is 1.74 bits per heavy atom. The van der Waals surface area contributed by atoms with Crippen molar-refractivity contribution in [3.63, 3.8) is 0 Å². The number of nitrogens with one attached hydrogen (secondary N) is 1. The van der Waals surface area contributed by atoms with Gasteiger partial charge in [0.2, 0.25) is 5.95 Å². The number of amides is 1. The van der Waals surface area contributed by atoms with E-state index in [1.807, 2.05) is 44.0 Å². The van der Waals surface area contributed by atoms with Crippen LogP contribution in [0.2, 0.25) is 0 Å². The number of benzene rings is 2. The number of rotatable bonds is 3. The number of hydrogen-bond donors (Lipinski definition) is 2. The van der Waals surface area contributed by atoms with E-state index in [-0.39, 0.29) is 23.4 Å². The monoisotopic (exact) mass is 419 g/mol. The van der Waals surface area contributed by atoms with Gasteiger partial charge in [0.25, 0.3) is 5.91 Å². The number of fused-ring (bicyclic) bond motifs is 2. The molecule has 0 saturated carbocycles. The maximum absolute atomic E-state index is 12.8. The Morgan fingerprint density at radius 3 is 2.42 bits per heavy atom. The first-order valence-electron chi connectivity index (χ1n) is 9.95. The van der Waals surface area contributed by atoms with E-state index < -0.39 is 0 Å². The summed E-state index contributed by atoms with van der Waals surface area (Å²) in [4.78, 5) is 36.5. The Morgan fingerprint density at radius 1 is 1.03 bits per heavy atom. The minimum absolute atomic E-state index is 0.0813. The molecule has 1 amide bonds. The van der Waals surface area contributed by atoms with Crippen LogP contribution in [0.25, 0.3) is 0 Å². The lowest BCUT2D eigenvalue weighted by Gasteiger charge is -2.21. The van der Waals surface area contributed by atoms with Crippen LogP contribution in [0.1, 0.15) is 41.5 Å². The maximum Gasteiger partial charge on any atom is 0.260 e. The summed E-state index contributed by atoms with van der Waals surface area (Å²) in [6, 6.07) is 11.9. The molecular formula is C23H25N5O3. The molecule has 4 rings (SSSR count). The quantitative estimate of drug-likeness (QED) is 0.476. The van der Waals surface area contributed by atoms with Crippen LogP contribution in [0.5, 0.6) is 5.75 Å². The summed E-state index contributed by atoms with van der Waals surface area (Å²) in [6.45, 7) is 5.43. The molecule has 160 valence electrons. The highest BCUT2D eigenvalue weighted by Gasteiger charge is 2.28. The largest absolute Gasteiger partial charge is 0.506 e. The molecule has 0 spiro atoms. The number of phenolic OH excluding ortho intramolecular Hbond substituents is 1. The van der Waals surface area contributed by atoms with Crippen LogP contribution in [-0.2, 0) is 0 Å². The van der Waals surface area contributed by atoms with Crippen LogP contribution in [-0.4, -0.2) is 40.9 Å². The molecule has 0 radical (unpaired) electrons. The Labute approximate surface area is 181 Å². The molecule has 0 atom stereocenters. The van der Waals surface area contributed by atoms with Gasteiger partial charge in [-0.1, -0.05) is 26.0 Å². The van der Waals surface area contributed by atoms with E-state index in [1.165, 1.54) is 17.9 Å². The van der Waals surface area contributed by atoms with E-state index in [4.69, 9.17) is 0 Å². The lowest BCUT2D eigenvalue weighted by Crippen LogP contribution is -2.25. The van der Waals surface area contributed by atoms with E-state index in [9.17, 15) is 14.7 Å². The van der Waals surface area contributed by atoms with Crippen molar-refractivity contribution in [3.05, 3.63) is 59.8 Å². The molecule has 2 aromatic carbocycles. The van der Waals surface area contributed by atoms with Crippen molar-refractivity contribution >= 4 is 40.5 Å². The smallest absolute Gasteiger partial charge is 0.260 e. The first-order valence-corrected chi connectivity index (χ1v) is 9.95. The van der Waals surface area contributed by atoms with Crippen LogP contribution in [0.4, 0.5) is 28.8 Å². The standard InChI is InChI=1S/C21H19N5O3.C2H6/c1-12(27)13-8-9-15(18(28)10-13)23-21-22-11-17-19(24-21)25(2)16-7-5-4-6-14(16)20(29)26(17)3;1-2/h4-11,28H,1-3H3,(H,22,23,24);1-2H3. The summed E-state index contributed by atoms with van der Waals surface area (Å²) in [7, 11) is 3.51. The minimum atomic E-state index is -0.145. The van der Waals surface area contributed by atoms with Gasteiger partial charge >= 0.3 is 0 Å². The zero-order chi connectivity index (χ0) is 22.7. The molecule has 1 aliphatic heterocycles. The number of anilines is 5. The molecule has 3 aromatic rings. The topological polar surface area (TPSA) is 98.7 Å². The summed E-state index contributed by atoms with van der Waals surface area (Å²) in [5.41, 5.74) is 2.66. The third-order valence-electron chi connectivity index (χ3n) is 4.88. The normalized spacial score (nSPS) is 12.2. The average Bonchev–Trinajstić information content (AvgIpc) is 2.86. The van der Waals surface area contributed by atoms with Crippen molar-refractivity contribution in [2.24, 2.45) is 0 Å². The molecule has 0 fully saturated rings. The van der Waals surface area contributed by atoms with E-state index in [1.54, 1.807) is 31.4 Å². The molecule has 0 unspecified atom stereocenters. The van der Waals surface area contributed by atoms with Crippen molar-refractivity contribution in [2.75, 3.05) is 29.2 Å². The highest BCUT2D eigenvalue weighted by Crippen LogP contribution is 2.38. The molecule has 8 heteroatoms. The fourth-order valence-corrected chi connectivity index (χ4v) is 3.24. The molecule has 2 heterocycles. The van der Waals surface area contributed by atoms with E-state index in [2.05, 4.69) is 15.3 Å². The third-order valence-corrected chi connectivity index (χ3v) is 4.88. The fraction of sp³-hybridized carbons (Fsp3) is 0.217. The summed E-state index contributed by atoms with van der Waals surface area (Å²) in [5.74, 6) is 0.432. The van der Waals surface area contributed by atoms with Crippen LogP contribution in [0.3, 0.4) is 0 Å².